The molecule has 0 radical (unpaired) electrons. The number of carbonyl (C=O) groups is 3. The second-order valence-electron chi connectivity index (χ2n) is 12.6. The molecule has 0 bridgehead atoms. The minimum Gasteiger partial charge on any atom is -0.386 e. The van der Waals surface area contributed by atoms with Gasteiger partial charge in [0, 0.05) is 30.7 Å². The van der Waals surface area contributed by atoms with Gasteiger partial charge in [0.1, 0.15) is 36.3 Å². The first-order valence-corrected chi connectivity index (χ1v) is 22.0. The molecule has 1 fully saturated rings. The highest BCUT2D eigenvalue weighted by Crippen LogP contribution is 2.61. The quantitative estimate of drug-likeness (QED) is 0.0362. The SMILES string of the molecule is CC(C)(COP(=O)(O)OP(=O)(O)OC[C@H]1O[C@@H](n2cnc3c(N)ncnc32)[C@H](O)[C@@H]1OP(=O)(O)O)C(O)C(=O)NCCC(=O)NCCSC(=O)C=CCCCN. The fourth-order valence-electron chi connectivity index (χ4n) is 4.75. The predicted octanol–water partition coefficient (Wildman–Crippen LogP) is -1.04. The van der Waals surface area contributed by atoms with E-state index in [1.807, 2.05) is 0 Å². The first kappa shape index (κ1) is 47.6. The molecule has 1 saturated heterocycles. The number of rotatable bonds is 23. The average molecular weight is 879 g/mol. The summed E-state index contributed by atoms with van der Waals surface area (Å²) in [5.41, 5.74) is 9.64. The number of unbranched alkanes of at least 4 members (excludes halogenated alkanes) is 1. The Morgan fingerprint density at radius 2 is 1.79 bits per heavy atom. The van der Waals surface area contributed by atoms with Crippen LogP contribution in [0.3, 0.4) is 0 Å². The van der Waals surface area contributed by atoms with Gasteiger partial charge in [0.25, 0.3) is 0 Å². The van der Waals surface area contributed by atoms with Crippen LogP contribution in [0.15, 0.2) is 24.8 Å². The van der Waals surface area contributed by atoms with Crippen LogP contribution in [0.1, 0.15) is 39.3 Å². The van der Waals surface area contributed by atoms with Gasteiger partial charge in [0.15, 0.2) is 17.7 Å². The number of aliphatic hydroxyl groups is 2. The number of nitrogens with zero attached hydrogens (tertiary/aromatic N) is 4. The van der Waals surface area contributed by atoms with Crippen molar-refractivity contribution in [2.24, 2.45) is 11.1 Å². The Hall–Kier alpha value is -2.74. The molecule has 3 rings (SSSR count). The van der Waals surface area contributed by atoms with Crippen molar-refractivity contribution in [2.45, 2.75) is 63.8 Å². The number of anilines is 1. The molecule has 0 aliphatic carbocycles. The minimum absolute atomic E-state index is 0.0285. The lowest BCUT2D eigenvalue weighted by Crippen LogP contribution is -2.46. The Kier molecular flexibility index (Phi) is 17.7. The number of amides is 2. The number of aromatic nitrogens is 4. The number of fused-ring (bicyclic) bond motifs is 1. The third-order valence-electron chi connectivity index (χ3n) is 7.57. The molecule has 1 aliphatic rings. The summed E-state index contributed by atoms with van der Waals surface area (Å²) < 4.78 is 62.0. The number of carbonyl (C=O) groups excluding carboxylic acids is 3. The number of ether oxygens (including phenoxy) is 1. The van der Waals surface area contributed by atoms with E-state index in [-0.39, 0.29) is 41.6 Å². The summed E-state index contributed by atoms with van der Waals surface area (Å²) in [6.45, 7) is 0.964. The standard InChI is InChI=1S/C27H45N8O17P3S/c1-27(2,22(39)25(40)31-9-7-17(36)30-10-11-56-18(37)6-4-3-5-8-28)13-49-55(46,47)52-54(44,45)48-12-16-21(51-53(41,42)43)20(38)26(50-16)35-15-34-19-23(29)32-14-33-24(19)35/h4,6,14-16,20-22,26,38-39H,3,5,7-13,28H2,1-2H3,(H,30,36)(H,31,40)(H,44,45)(H,46,47)(H2,29,32,33)(H2,41,42,43)/t16-,20-,21-,22?,26-/m1/s1. The van der Waals surface area contributed by atoms with Gasteiger partial charge in [-0.2, -0.15) is 4.31 Å². The molecule has 2 aromatic heterocycles. The van der Waals surface area contributed by atoms with Crippen LogP contribution in [0.4, 0.5) is 5.82 Å². The number of nitrogen functional groups attached to an aromatic ring is 1. The van der Waals surface area contributed by atoms with Crippen LogP contribution in [0.5, 0.6) is 0 Å². The highest BCUT2D eigenvalue weighted by atomic mass is 32.2. The number of nitrogens with one attached hydrogen (secondary N) is 2. The molecule has 25 nitrogen and oxygen atoms in total. The van der Waals surface area contributed by atoms with Crippen LogP contribution in [0, 0.1) is 5.41 Å². The number of aliphatic hydroxyl groups excluding tert-OH is 2. The van der Waals surface area contributed by atoms with Crippen LogP contribution in [0.2, 0.25) is 0 Å². The number of imidazole rings is 1. The van der Waals surface area contributed by atoms with Crippen molar-refractivity contribution in [1.29, 1.82) is 0 Å². The number of hydrogen-bond donors (Lipinski definition) is 10. The zero-order chi connectivity index (χ0) is 41.9. The van der Waals surface area contributed by atoms with E-state index >= 15 is 0 Å². The second-order valence-corrected chi connectivity index (χ2v) is 17.9. The van der Waals surface area contributed by atoms with Gasteiger partial charge in [-0.3, -0.25) is 32.5 Å². The molecule has 0 saturated carbocycles. The Bertz CT molecular complexity index is 1850. The van der Waals surface area contributed by atoms with Gasteiger partial charge in [0.05, 0.1) is 19.5 Å². The predicted molar refractivity (Wildman–Crippen MR) is 195 cm³/mol. The Labute approximate surface area is 323 Å². The summed E-state index contributed by atoms with van der Waals surface area (Å²) in [4.78, 5) is 87.3. The van der Waals surface area contributed by atoms with Crippen molar-refractivity contribution in [3.05, 3.63) is 24.8 Å². The molecule has 3 heterocycles. The molecule has 316 valence electrons. The minimum atomic E-state index is -5.57. The molecule has 12 N–H and O–H groups in total. The Morgan fingerprint density at radius 3 is 2.46 bits per heavy atom. The van der Waals surface area contributed by atoms with Gasteiger partial charge in [-0.1, -0.05) is 31.7 Å². The topological polar surface area (TPSA) is 390 Å². The molecule has 29 heteroatoms. The van der Waals surface area contributed by atoms with Gasteiger partial charge in [-0.25, -0.2) is 28.6 Å². The number of allylic oxidation sites excluding steroid dienone is 1. The molecule has 7 atom stereocenters. The lowest BCUT2D eigenvalue weighted by atomic mass is 9.87. The zero-order valence-corrected chi connectivity index (χ0v) is 33.4. The lowest BCUT2D eigenvalue weighted by Gasteiger charge is -2.30. The van der Waals surface area contributed by atoms with Crippen molar-refractivity contribution in [2.75, 3.05) is 44.3 Å². The van der Waals surface area contributed by atoms with E-state index in [2.05, 4.69) is 34.4 Å². The fourth-order valence-corrected chi connectivity index (χ4v) is 8.17. The number of hydrogen-bond acceptors (Lipinski definition) is 19. The maximum absolute atomic E-state index is 12.7. The van der Waals surface area contributed by atoms with Crippen LogP contribution in [0.25, 0.3) is 11.2 Å². The second kappa shape index (κ2) is 20.8. The molecular formula is C27H45N8O17P3S. The maximum Gasteiger partial charge on any atom is 0.481 e. The third kappa shape index (κ3) is 14.9. The molecule has 0 spiro atoms. The molecule has 56 heavy (non-hydrogen) atoms. The number of phosphoric ester groups is 3. The van der Waals surface area contributed by atoms with E-state index in [0.29, 0.717) is 18.7 Å². The van der Waals surface area contributed by atoms with Crippen molar-refractivity contribution in [1.82, 2.24) is 30.2 Å². The smallest absolute Gasteiger partial charge is 0.386 e. The van der Waals surface area contributed by atoms with Crippen molar-refractivity contribution >= 4 is 69.1 Å². The average Bonchev–Trinajstić information content (AvgIpc) is 3.66. The van der Waals surface area contributed by atoms with Crippen LogP contribution in [-0.4, -0.2) is 129 Å². The van der Waals surface area contributed by atoms with Gasteiger partial charge in [-0.05, 0) is 25.5 Å². The van der Waals surface area contributed by atoms with Crippen LogP contribution < -0.4 is 22.1 Å². The van der Waals surface area contributed by atoms with Crippen LogP contribution in [-0.2, 0) is 50.7 Å². The highest BCUT2D eigenvalue weighted by molar-refractivity contribution is 8.14. The summed E-state index contributed by atoms with van der Waals surface area (Å²) in [5.74, 6) is -1.16. The van der Waals surface area contributed by atoms with E-state index in [1.165, 1.54) is 19.9 Å². The lowest BCUT2D eigenvalue weighted by molar-refractivity contribution is -0.137. The third-order valence-corrected chi connectivity index (χ3v) is 11.5. The van der Waals surface area contributed by atoms with Crippen molar-refractivity contribution < 1.29 is 80.5 Å². The van der Waals surface area contributed by atoms with E-state index in [4.69, 9.17) is 25.3 Å². The summed E-state index contributed by atoms with van der Waals surface area (Å²) in [7, 11) is -16.4. The van der Waals surface area contributed by atoms with Gasteiger partial charge >= 0.3 is 23.5 Å². The molecule has 2 aromatic rings. The normalized spacial score (nSPS) is 21.8. The number of thioether (sulfide) groups is 1. The number of nitrogens with two attached hydrogens (primary N) is 2. The first-order chi connectivity index (χ1) is 26.1. The summed E-state index contributed by atoms with van der Waals surface area (Å²) in [6, 6.07) is 0. The number of phosphoric acid groups is 3. The van der Waals surface area contributed by atoms with E-state index in [1.54, 1.807) is 6.08 Å². The summed E-state index contributed by atoms with van der Waals surface area (Å²) >= 11 is 1.01. The summed E-state index contributed by atoms with van der Waals surface area (Å²) in [5, 5.41) is 26.1. The first-order valence-electron chi connectivity index (χ1n) is 16.5. The molecule has 0 aromatic carbocycles. The summed E-state index contributed by atoms with van der Waals surface area (Å²) in [6.07, 6.45) is -2.34. The van der Waals surface area contributed by atoms with Crippen molar-refractivity contribution in [3.63, 3.8) is 0 Å². The largest absolute Gasteiger partial charge is 0.481 e. The highest BCUT2D eigenvalue weighted by Gasteiger charge is 2.50. The molecule has 3 unspecified atom stereocenters. The Balaban J connectivity index is 1.48. The Morgan fingerprint density at radius 1 is 1.09 bits per heavy atom. The van der Waals surface area contributed by atoms with E-state index in [9.17, 15) is 57.9 Å². The fraction of sp³-hybridized carbons (Fsp3) is 0.630. The zero-order valence-electron chi connectivity index (χ0n) is 29.9. The molecule has 1 aliphatic heterocycles. The van der Waals surface area contributed by atoms with Gasteiger partial charge in [-0.15, -0.1) is 0 Å². The maximum atomic E-state index is 12.7. The van der Waals surface area contributed by atoms with E-state index in [0.717, 1.165) is 35.4 Å². The van der Waals surface area contributed by atoms with Crippen molar-refractivity contribution in [3.8, 4) is 0 Å². The van der Waals surface area contributed by atoms with E-state index < -0.39 is 84.6 Å². The van der Waals surface area contributed by atoms with Crippen LogP contribution >= 0.6 is 35.2 Å². The van der Waals surface area contributed by atoms with Gasteiger partial charge < -0.3 is 56.6 Å². The molecule has 2 amide bonds. The monoisotopic (exact) mass is 878 g/mol. The van der Waals surface area contributed by atoms with Gasteiger partial charge in [0.2, 0.25) is 16.9 Å². The molecular weight excluding hydrogens is 833 g/mol.